The molecule has 0 aromatic heterocycles. The van der Waals surface area contributed by atoms with Crippen LogP contribution in [-0.2, 0) is 15.0 Å². The van der Waals surface area contributed by atoms with Crippen LogP contribution < -0.4 is 16.1 Å². The van der Waals surface area contributed by atoms with Crippen LogP contribution >= 0.6 is 0 Å². The molecule has 0 spiro atoms. The summed E-state index contributed by atoms with van der Waals surface area (Å²) >= 11 is 0. The number of carbonyl (C=O) groups excluding carboxylic acids is 3. The van der Waals surface area contributed by atoms with Gasteiger partial charge in [0.2, 0.25) is 11.8 Å². The highest BCUT2D eigenvalue weighted by Crippen LogP contribution is 2.63. The van der Waals surface area contributed by atoms with Gasteiger partial charge in [0.25, 0.3) is 5.91 Å². The third-order valence-corrected chi connectivity index (χ3v) is 8.59. The molecule has 1 saturated heterocycles. The topological polar surface area (TPSA) is 129 Å². The molecular formula is C33H23N5O3. The first-order valence-corrected chi connectivity index (χ1v) is 13.2. The van der Waals surface area contributed by atoms with Crippen LogP contribution in [0.5, 0.6) is 0 Å². The third-order valence-electron chi connectivity index (χ3n) is 8.59. The number of hydrogen-bond acceptors (Lipinski definition) is 6. The largest absolute Gasteiger partial charge is 0.398 e. The van der Waals surface area contributed by atoms with Gasteiger partial charge in [0.05, 0.1) is 34.1 Å². The summed E-state index contributed by atoms with van der Waals surface area (Å²) in [5.74, 6) is -3.14. The first-order valence-electron chi connectivity index (χ1n) is 13.2. The number of nitrogens with one attached hydrogen (secondary N) is 1. The van der Waals surface area contributed by atoms with Crippen molar-refractivity contribution in [3.63, 3.8) is 0 Å². The zero-order valence-corrected chi connectivity index (χ0v) is 21.7. The fraction of sp³-hybridized carbons (Fsp3) is 0.121. The minimum Gasteiger partial charge on any atom is -0.398 e. The van der Waals surface area contributed by atoms with Gasteiger partial charge in [-0.1, -0.05) is 72.8 Å². The monoisotopic (exact) mass is 537 g/mol. The van der Waals surface area contributed by atoms with Crippen LogP contribution in [0.25, 0.3) is 0 Å². The number of nitriles is 1. The van der Waals surface area contributed by atoms with Gasteiger partial charge in [-0.25, -0.2) is 10.3 Å². The molecule has 3 amide bonds. The van der Waals surface area contributed by atoms with E-state index >= 15 is 0 Å². The van der Waals surface area contributed by atoms with Crippen LogP contribution in [0.15, 0.2) is 102 Å². The quantitative estimate of drug-likeness (QED) is 0.175. The maximum absolute atomic E-state index is 14.4. The standard InChI is InChI=1S/C33H23N5O3/c34-17-19-9-1-8-16-26(19)38-31(40)28-27-20-10-2-5-13-23(20)33(29(28)32(38)41,24-14-6-3-11-21(24)27)18-36-37-30(39)22-12-4-7-15-25(22)35/h1-16,18,27-29H,35H2,(H,37,39)/b36-18-/t27?,28-,29+,33?/m1/s1. The van der Waals surface area contributed by atoms with E-state index in [1.807, 2.05) is 48.5 Å². The molecule has 1 aliphatic heterocycles. The van der Waals surface area contributed by atoms with E-state index < -0.39 is 29.1 Å². The van der Waals surface area contributed by atoms with Gasteiger partial charge in [0, 0.05) is 17.8 Å². The smallest absolute Gasteiger partial charge is 0.273 e. The van der Waals surface area contributed by atoms with E-state index in [-0.39, 0.29) is 28.6 Å². The molecule has 2 atom stereocenters. The zero-order chi connectivity index (χ0) is 28.3. The van der Waals surface area contributed by atoms with Gasteiger partial charge >= 0.3 is 0 Å². The Hall–Kier alpha value is -5.55. The lowest BCUT2D eigenvalue weighted by atomic mass is 9.47. The average molecular weight is 538 g/mol. The number of anilines is 2. The Morgan fingerprint density at radius 2 is 1.49 bits per heavy atom. The molecule has 0 radical (unpaired) electrons. The fourth-order valence-corrected chi connectivity index (χ4v) is 7.01. The number of nitrogens with two attached hydrogens (primary N) is 1. The van der Waals surface area contributed by atoms with Crippen molar-refractivity contribution >= 4 is 35.3 Å². The summed E-state index contributed by atoms with van der Waals surface area (Å²) in [6.45, 7) is 0. The SMILES string of the molecule is N#Cc1ccccc1N1C(=O)[C@@H]2C3c4ccccc4C(/C=N\NC(=O)c4ccccc4N)(c4ccccc43)[C@@H]2C1=O. The number of benzene rings is 4. The summed E-state index contributed by atoms with van der Waals surface area (Å²) in [6, 6.07) is 31.0. The number of rotatable bonds is 4. The molecule has 4 aliphatic rings. The number of para-hydroxylation sites is 2. The van der Waals surface area contributed by atoms with Crippen molar-refractivity contribution in [1.29, 1.82) is 5.26 Å². The summed E-state index contributed by atoms with van der Waals surface area (Å²) in [5, 5.41) is 14.2. The lowest BCUT2D eigenvalue weighted by molar-refractivity contribution is -0.122. The van der Waals surface area contributed by atoms with Crippen LogP contribution in [0.3, 0.4) is 0 Å². The lowest BCUT2D eigenvalue weighted by Gasteiger charge is -2.52. The number of imide groups is 1. The number of amides is 3. The predicted octanol–water partition coefficient (Wildman–Crippen LogP) is 4.11. The maximum Gasteiger partial charge on any atom is 0.273 e. The van der Waals surface area contributed by atoms with Crippen LogP contribution in [0.2, 0.25) is 0 Å². The Morgan fingerprint density at radius 1 is 0.878 bits per heavy atom. The molecule has 2 bridgehead atoms. The minimum atomic E-state index is -1.15. The van der Waals surface area contributed by atoms with Gasteiger partial charge in [-0.15, -0.1) is 0 Å². The average Bonchev–Trinajstić information content (AvgIpc) is 3.27. The first-order chi connectivity index (χ1) is 20.0. The highest BCUT2D eigenvalue weighted by Gasteiger charge is 2.68. The van der Waals surface area contributed by atoms with Crippen LogP contribution in [0, 0.1) is 23.2 Å². The van der Waals surface area contributed by atoms with E-state index in [4.69, 9.17) is 5.73 Å². The predicted molar refractivity (Wildman–Crippen MR) is 153 cm³/mol. The third kappa shape index (κ3) is 3.26. The molecule has 0 saturated carbocycles. The second-order valence-corrected chi connectivity index (χ2v) is 10.5. The Morgan fingerprint density at radius 3 is 2.17 bits per heavy atom. The van der Waals surface area contributed by atoms with Gasteiger partial charge < -0.3 is 5.73 Å². The van der Waals surface area contributed by atoms with Crippen molar-refractivity contribution in [3.05, 3.63) is 130 Å². The molecule has 4 aromatic rings. The van der Waals surface area contributed by atoms with Crippen molar-refractivity contribution in [1.82, 2.24) is 5.43 Å². The maximum atomic E-state index is 14.4. The molecule has 198 valence electrons. The molecular weight excluding hydrogens is 514 g/mol. The molecule has 4 aromatic carbocycles. The normalized spacial score (nSPS) is 23.6. The molecule has 3 aliphatic carbocycles. The second-order valence-electron chi connectivity index (χ2n) is 10.5. The number of nitrogen functional groups attached to an aromatic ring is 1. The van der Waals surface area contributed by atoms with E-state index in [0.29, 0.717) is 5.69 Å². The molecule has 1 heterocycles. The summed E-state index contributed by atoms with van der Waals surface area (Å²) in [5.41, 5.74) is 12.1. The van der Waals surface area contributed by atoms with Crippen LogP contribution in [-0.4, -0.2) is 23.9 Å². The molecule has 8 nitrogen and oxygen atoms in total. The van der Waals surface area contributed by atoms with Gasteiger partial charge in [-0.2, -0.15) is 10.4 Å². The zero-order valence-electron chi connectivity index (χ0n) is 21.7. The highest BCUT2D eigenvalue weighted by atomic mass is 16.2. The molecule has 41 heavy (non-hydrogen) atoms. The summed E-state index contributed by atoms with van der Waals surface area (Å²) in [4.78, 5) is 42.8. The summed E-state index contributed by atoms with van der Waals surface area (Å²) < 4.78 is 0. The fourth-order valence-electron chi connectivity index (χ4n) is 7.01. The van der Waals surface area contributed by atoms with Gasteiger partial charge in [0.15, 0.2) is 0 Å². The van der Waals surface area contributed by atoms with E-state index in [1.54, 1.807) is 54.7 Å². The minimum absolute atomic E-state index is 0.241. The Bertz CT molecular complexity index is 1810. The van der Waals surface area contributed by atoms with Crippen molar-refractivity contribution in [2.75, 3.05) is 10.6 Å². The Kier molecular flexibility index (Phi) is 5.37. The summed E-state index contributed by atoms with van der Waals surface area (Å²) in [7, 11) is 0. The van der Waals surface area contributed by atoms with Crippen molar-refractivity contribution in [3.8, 4) is 6.07 Å². The molecule has 3 N–H and O–H groups in total. The number of hydrazone groups is 1. The van der Waals surface area contributed by atoms with Crippen LogP contribution in [0.1, 0.15) is 44.1 Å². The Balaban J connectivity index is 1.42. The van der Waals surface area contributed by atoms with Crippen molar-refractivity contribution in [2.24, 2.45) is 16.9 Å². The van der Waals surface area contributed by atoms with Gasteiger partial charge in [-0.3, -0.25) is 14.4 Å². The number of nitrogens with zero attached hydrogens (tertiary/aromatic N) is 3. The molecule has 8 heteroatoms. The Labute approximate surface area is 235 Å². The summed E-state index contributed by atoms with van der Waals surface area (Å²) in [6.07, 6.45) is 1.60. The van der Waals surface area contributed by atoms with Crippen molar-refractivity contribution in [2.45, 2.75) is 11.3 Å². The number of hydrogen-bond donors (Lipinski definition) is 2. The molecule has 1 fully saturated rings. The van der Waals surface area contributed by atoms with Gasteiger partial charge in [0.1, 0.15) is 6.07 Å². The van der Waals surface area contributed by atoms with E-state index in [9.17, 15) is 19.6 Å². The van der Waals surface area contributed by atoms with E-state index in [0.717, 1.165) is 22.3 Å². The number of carbonyl (C=O) groups is 3. The lowest BCUT2D eigenvalue weighted by Crippen LogP contribution is -2.54. The molecule has 0 unspecified atom stereocenters. The van der Waals surface area contributed by atoms with Crippen molar-refractivity contribution < 1.29 is 14.4 Å². The van der Waals surface area contributed by atoms with E-state index in [1.165, 1.54) is 4.90 Å². The first kappa shape index (κ1) is 24.5. The van der Waals surface area contributed by atoms with Gasteiger partial charge in [-0.05, 0) is 46.5 Å². The second kappa shape index (κ2) is 9.00. The molecule has 8 rings (SSSR count). The highest BCUT2D eigenvalue weighted by molar-refractivity contribution is 6.25. The van der Waals surface area contributed by atoms with Crippen LogP contribution in [0.4, 0.5) is 11.4 Å². The van der Waals surface area contributed by atoms with E-state index in [2.05, 4.69) is 16.6 Å².